The van der Waals surface area contributed by atoms with E-state index in [9.17, 15) is 4.79 Å². The second kappa shape index (κ2) is 8.69. The number of nitrogens with zero attached hydrogens (tertiary/aromatic N) is 3. The van der Waals surface area contributed by atoms with Crippen LogP contribution in [0.3, 0.4) is 0 Å². The van der Waals surface area contributed by atoms with Gasteiger partial charge in [0.05, 0.1) is 16.7 Å². The van der Waals surface area contributed by atoms with Crippen LogP contribution >= 0.6 is 24.0 Å². The second-order valence-corrected chi connectivity index (χ2v) is 9.27. The summed E-state index contributed by atoms with van der Waals surface area (Å²) in [7, 11) is 1.70. The van der Waals surface area contributed by atoms with Gasteiger partial charge in [0, 0.05) is 24.4 Å². The minimum Gasteiger partial charge on any atom is -0.491 e. The first-order valence-corrected chi connectivity index (χ1v) is 11.2. The zero-order chi connectivity index (χ0) is 22.1. The normalized spacial score (nSPS) is 15.4. The average Bonchev–Trinajstić information content (AvgIpc) is 3.25. The number of benzene rings is 2. The van der Waals surface area contributed by atoms with Gasteiger partial charge in [-0.2, -0.15) is 5.10 Å². The van der Waals surface area contributed by atoms with Crippen LogP contribution in [0.5, 0.6) is 5.75 Å². The molecule has 0 saturated carbocycles. The number of hydrogen-bond donors (Lipinski definition) is 0. The molecule has 7 heteroatoms. The van der Waals surface area contributed by atoms with Gasteiger partial charge in [0.2, 0.25) is 0 Å². The van der Waals surface area contributed by atoms with Crippen LogP contribution in [0.2, 0.25) is 0 Å². The summed E-state index contributed by atoms with van der Waals surface area (Å²) in [4.78, 5) is 14.7. The summed E-state index contributed by atoms with van der Waals surface area (Å²) in [6, 6.07) is 15.9. The number of hydrogen-bond acceptors (Lipinski definition) is 5. The number of ether oxygens (including phenoxy) is 1. The Kier molecular flexibility index (Phi) is 5.98. The van der Waals surface area contributed by atoms with Crippen molar-refractivity contribution in [2.24, 2.45) is 0 Å². The molecule has 0 radical (unpaired) electrons. The van der Waals surface area contributed by atoms with E-state index in [-0.39, 0.29) is 12.0 Å². The van der Waals surface area contributed by atoms with Gasteiger partial charge in [-0.05, 0) is 62.7 Å². The Morgan fingerprint density at radius 3 is 2.52 bits per heavy atom. The molecule has 5 nitrogen and oxygen atoms in total. The van der Waals surface area contributed by atoms with Crippen LogP contribution in [0.15, 0.2) is 59.6 Å². The summed E-state index contributed by atoms with van der Waals surface area (Å²) in [6.45, 7) is 6.05. The monoisotopic (exact) mass is 449 g/mol. The third kappa shape index (κ3) is 4.43. The largest absolute Gasteiger partial charge is 0.491 e. The first-order chi connectivity index (χ1) is 14.8. The van der Waals surface area contributed by atoms with Gasteiger partial charge in [0.1, 0.15) is 15.8 Å². The predicted octanol–water partition coefficient (Wildman–Crippen LogP) is 5.47. The molecule has 0 atom stereocenters. The van der Waals surface area contributed by atoms with Crippen molar-refractivity contribution in [3.8, 4) is 22.7 Å². The zero-order valence-electron chi connectivity index (χ0n) is 17.8. The lowest BCUT2D eigenvalue weighted by molar-refractivity contribution is -0.121. The van der Waals surface area contributed by atoms with E-state index in [1.165, 1.54) is 16.7 Å². The summed E-state index contributed by atoms with van der Waals surface area (Å²) in [5.41, 5.74) is 4.65. The smallest absolute Gasteiger partial charge is 0.265 e. The van der Waals surface area contributed by atoms with Gasteiger partial charge in [-0.15, -0.1) is 0 Å². The molecule has 0 aliphatic carbocycles. The molecule has 31 heavy (non-hydrogen) atoms. The highest BCUT2D eigenvalue weighted by Crippen LogP contribution is 2.35. The first kappa shape index (κ1) is 21.3. The molecule has 1 aliphatic heterocycles. The fraction of sp³-hybridized carbons (Fsp3) is 0.208. The molecule has 0 bridgehead atoms. The fourth-order valence-corrected chi connectivity index (χ4v) is 4.52. The summed E-state index contributed by atoms with van der Waals surface area (Å²) in [5.74, 6) is 0.734. The Morgan fingerprint density at radius 2 is 1.90 bits per heavy atom. The Bertz CT molecular complexity index is 1180. The van der Waals surface area contributed by atoms with E-state index < -0.39 is 0 Å². The third-order valence-corrected chi connectivity index (χ3v) is 6.35. The lowest BCUT2D eigenvalue weighted by Crippen LogP contribution is -2.22. The number of carbonyl (C=O) groups excluding carboxylic acids is 1. The Balaban J connectivity index is 1.82. The molecule has 1 amide bonds. The zero-order valence-corrected chi connectivity index (χ0v) is 19.5. The quantitative estimate of drug-likeness (QED) is 0.382. The van der Waals surface area contributed by atoms with Gasteiger partial charge >= 0.3 is 0 Å². The van der Waals surface area contributed by atoms with Crippen LogP contribution < -0.4 is 4.74 Å². The van der Waals surface area contributed by atoms with Crippen molar-refractivity contribution in [1.29, 1.82) is 0 Å². The van der Waals surface area contributed by atoms with Gasteiger partial charge in [-0.3, -0.25) is 9.69 Å². The van der Waals surface area contributed by atoms with E-state index in [1.807, 2.05) is 86.3 Å². The summed E-state index contributed by atoms with van der Waals surface area (Å²) in [5, 5.41) is 4.87. The van der Waals surface area contributed by atoms with Crippen molar-refractivity contribution in [3.05, 3.63) is 70.8 Å². The number of rotatable bonds is 5. The fourth-order valence-electron chi connectivity index (χ4n) is 3.35. The number of carbonyl (C=O) groups is 1. The summed E-state index contributed by atoms with van der Waals surface area (Å²) in [6.07, 6.45) is 3.93. The molecule has 3 aromatic rings. The Hall–Kier alpha value is -2.90. The highest BCUT2D eigenvalue weighted by Gasteiger charge is 2.29. The molecule has 2 aromatic carbocycles. The summed E-state index contributed by atoms with van der Waals surface area (Å²) < 4.78 is 8.22. The maximum atomic E-state index is 12.6. The van der Waals surface area contributed by atoms with Crippen LogP contribution in [0.4, 0.5) is 0 Å². The predicted molar refractivity (Wildman–Crippen MR) is 130 cm³/mol. The Labute approximate surface area is 191 Å². The molecule has 158 valence electrons. The molecule has 1 aliphatic rings. The van der Waals surface area contributed by atoms with Crippen molar-refractivity contribution in [2.45, 2.75) is 26.9 Å². The number of likely N-dealkylation sites (N-methyl/N-ethyl adjacent to an activating group) is 1. The van der Waals surface area contributed by atoms with Gasteiger partial charge in [0.25, 0.3) is 5.91 Å². The van der Waals surface area contributed by atoms with Crippen molar-refractivity contribution in [3.63, 3.8) is 0 Å². The topological polar surface area (TPSA) is 47.4 Å². The minimum absolute atomic E-state index is 0.0918. The molecule has 1 saturated heterocycles. The average molecular weight is 450 g/mol. The second-order valence-electron chi connectivity index (χ2n) is 7.60. The minimum atomic E-state index is -0.0918. The summed E-state index contributed by atoms with van der Waals surface area (Å²) >= 11 is 6.59. The molecular weight excluding hydrogens is 426 g/mol. The van der Waals surface area contributed by atoms with Crippen LogP contribution in [0.25, 0.3) is 23.0 Å². The van der Waals surface area contributed by atoms with Gasteiger partial charge in [-0.1, -0.05) is 42.2 Å². The molecule has 0 spiro atoms. The lowest BCUT2D eigenvalue weighted by Gasteiger charge is -2.12. The molecular formula is C24H23N3O2S2. The lowest BCUT2D eigenvalue weighted by atomic mass is 10.0. The van der Waals surface area contributed by atoms with Crippen LogP contribution in [0, 0.1) is 6.92 Å². The van der Waals surface area contributed by atoms with E-state index in [1.54, 1.807) is 7.05 Å². The number of amides is 1. The molecule has 1 fully saturated rings. The molecule has 0 N–H and O–H groups in total. The van der Waals surface area contributed by atoms with E-state index in [4.69, 9.17) is 22.1 Å². The highest BCUT2D eigenvalue weighted by atomic mass is 32.2. The van der Waals surface area contributed by atoms with Crippen LogP contribution in [-0.2, 0) is 4.79 Å². The van der Waals surface area contributed by atoms with Crippen LogP contribution in [-0.4, -0.2) is 38.1 Å². The van der Waals surface area contributed by atoms with Gasteiger partial charge < -0.3 is 4.74 Å². The molecule has 0 unspecified atom stereocenters. The molecule has 2 heterocycles. The Morgan fingerprint density at radius 1 is 1.16 bits per heavy atom. The van der Waals surface area contributed by atoms with Gasteiger partial charge in [0.15, 0.2) is 0 Å². The SMILES string of the molecule is Cc1cc(OC(C)C)ccc1-c1nn(-c2ccccc2)cc1C=C1SC(=S)N(C)C1=O. The van der Waals surface area contributed by atoms with Gasteiger partial charge in [-0.25, -0.2) is 4.68 Å². The van der Waals surface area contributed by atoms with Crippen molar-refractivity contribution in [1.82, 2.24) is 14.7 Å². The molecule has 1 aromatic heterocycles. The van der Waals surface area contributed by atoms with Crippen molar-refractivity contribution >= 4 is 40.3 Å². The maximum Gasteiger partial charge on any atom is 0.265 e. The van der Waals surface area contributed by atoms with Crippen molar-refractivity contribution in [2.75, 3.05) is 7.05 Å². The highest BCUT2D eigenvalue weighted by molar-refractivity contribution is 8.26. The maximum absolute atomic E-state index is 12.6. The number of thiocarbonyl (C=S) groups is 1. The standard InChI is InChI=1S/C24H23N3O2S2/c1-15(2)29-19-10-11-20(16(3)12-19)22-17(13-21-23(28)26(4)24(30)31-21)14-27(25-22)18-8-6-5-7-9-18/h5-15H,1-4H3. The van der Waals surface area contributed by atoms with E-state index in [0.717, 1.165) is 33.8 Å². The molecule has 4 rings (SSSR count). The van der Waals surface area contributed by atoms with E-state index in [2.05, 4.69) is 0 Å². The van der Waals surface area contributed by atoms with Crippen molar-refractivity contribution < 1.29 is 9.53 Å². The first-order valence-electron chi connectivity index (χ1n) is 9.98. The number of para-hydroxylation sites is 1. The van der Waals surface area contributed by atoms with E-state index in [0.29, 0.717) is 9.23 Å². The van der Waals surface area contributed by atoms with E-state index >= 15 is 0 Å². The number of thioether (sulfide) groups is 1. The number of aryl methyl sites for hydroxylation is 1. The van der Waals surface area contributed by atoms with Crippen LogP contribution in [0.1, 0.15) is 25.0 Å². The number of aromatic nitrogens is 2. The third-order valence-electron chi connectivity index (χ3n) is 4.86.